The van der Waals surface area contributed by atoms with Gasteiger partial charge in [-0.2, -0.15) is 0 Å². The molecule has 5 nitrogen and oxygen atoms in total. The molecule has 0 aromatic heterocycles. The van der Waals surface area contributed by atoms with E-state index in [0.29, 0.717) is 6.04 Å². The van der Waals surface area contributed by atoms with Gasteiger partial charge in [-0.05, 0) is 18.4 Å². The molecule has 2 N–H and O–H groups in total. The molecule has 0 aliphatic carbocycles. The van der Waals surface area contributed by atoms with E-state index in [1.807, 2.05) is 35.2 Å². The van der Waals surface area contributed by atoms with Crippen LogP contribution in [0.15, 0.2) is 30.3 Å². The molecule has 0 radical (unpaired) electrons. The summed E-state index contributed by atoms with van der Waals surface area (Å²) in [6, 6.07) is 9.69. The standard InChI is InChI=1S/C17H25N3O2/c18-16(14-4-2-1-3-5-14)17(21)20-10-8-19(9-11-20)15-6-12-22-13-7-15/h1-5,15-16H,6-13,18H2. The van der Waals surface area contributed by atoms with E-state index in [0.717, 1.165) is 57.8 Å². The molecule has 0 saturated carbocycles. The first-order chi connectivity index (χ1) is 10.8. The highest BCUT2D eigenvalue weighted by Crippen LogP contribution is 2.19. The van der Waals surface area contributed by atoms with Crippen LogP contribution in [0.2, 0.25) is 0 Å². The quantitative estimate of drug-likeness (QED) is 0.905. The summed E-state index contributed by atoms with van der Waals surface area (Å²) in [5, 5.41) is 0. The zero-order valence-electron chi connectivity index (χ0n) is 13.0. The molecule has 22 heavy (non-hydrogen) atoms. The van der Waals surface area contributed by atoms with Gasteiger partial charge in [0.15, 0.2) is 0 Å². The molecule has 2 heterocycles. The van der Waals surface area contributed by atoms with Gasteiger partial charge in [-0.3, -0.25) is 9.69 Å². The van der Waals surface area contributed by atoms with Gasteiger partial charge in [0.1, 0.15) is 6.04 Å². The molecular weight excluding hydrogens is 278 g/mol. The van der Waals surface area contributed by atoms with Crippen molar-refractivity contribution in [2.75, 3.05) is 39.4 Å². The average molecular weight is 303 g/mol. The Bertz CT molecular complexity index is 480. The second-order valence-electron chi connectivity index (χ2n) is 6.09. The van der Waals surface area contributed by atoms with E-state index in [1.54, 1.807) is 0 Å². The Hall–Kier alpha value is -1.43. The lowest BCUT2D eigenvalue weighted by Gasteiger charge is -2.41. The van der Waals surface area contributed by atoms with Crippen LogP contribution in [0.1, 0.15) is 24.4 Å². The van der Waals surface area contributed by atoms with Crippen molar-refractivity contribution < 1.29 is 9.53 Å². The lowest BCUT2D eigenvalue weighted by molar-refractivity contribution is -0.135. The van der Waals surface area contributed by atoms with Gasteiger partial charge in [0, 0.05) is 45.4 Å². The highest BCUT2D eigenvalue weighted by atomic mass is 16.5. The fraction of sp³-hybridized carbons (Fsp3) is 0.588. The van der Waals surface area contributed by atoms with Gasteiger partial charge in [-0.1, -0.05) is 30.3 Å². The predicted molar refractivity (Wildman–Crippen MR) is 85.4 cm³/mol. The third-order valence-corrected chi connectivity index (χ3v) is 4.76. The Balaban J connectivity index is 1.53. The van der Waals surface area contributed by atoms with Crippen molar-refractivity contribution in [3.63, 3.8) is 0 Å². The minimum absolute atomic E-state index is 0.0397. The highest BCUT2D eigenvalue weighted by Gasteiger charge is 2.29. The third-order valence-electron chi connectivity index (χ3n) is 4.76. The summed E-state index contributed by atoms with van der Waals surface area (Å²) >= 11 is 0. The average Bonchev–Trinajstić information content (AvgIpc) is 2.62. The number of carbonyl (C=O) groups is 1. The van der Waals surface area contributed by atoms with Crippen LogP contribution < -0.4 is 5.73 Å². The smallest absolute Gasteiger partial charge is 0.244 e. The molecule has 1 amide bonds. The first-order valence-electron chi connectivity index (χ1n) is 8.17. The number of hydrogen-bond donors (Lipinski definition) is 1. The van der Waals surface area contributed by atoms with Crippen LogP contribution in [0.3, 0.4) is 0 Å². The fourth-order valence-corrected chi connectivity index (χ4v) is 3.36. The number of nitrogens with zero attached hydrogens (tertiary/aromatic N) is 2. The van der Waals surface area contributed by atoms with E-state index in [9.17, 15) is 4.79 Å². The summed E-state index contributed by atoms with van der Waals surface area (Å²) < 4.78 is 5.42. The maximum atomic E-state index is 12.5. The van der Waals surface area contributed by atoms with Crippen molar-refractivity contribution in [2.24, 2.45) is 5.73 Å². The molecular formula is C17H25N3O2. The molecule has 0 bridgehead atoms. The summed E-state index contributed by atoms with van der Waals surface area (Å²) in [4.78, 5) is 17.0. The van der Waals surface area contributed by atoms with Gasteiger partial charge in [0.05, 0.1) is 0 Å². The van der Waals surface area contributed by atoms with Gasteiger partial charge in [-0.25, -0.2) is 0 Å². The molecule has 1 atom stereocenters. The van der Waals surface area contributed by atoms with E-state index in [-0.39, 0.29) is 5.91 Å². The molecule has 3 rings (SSSR count). The number of hydrogen-bond acceptors (Lipinski definition) is 4. The van der Waals surface area contributed by atoms with Gasteiger partial charge in [0.25, 0.3) is 0 Å². The minimum Gasteiger partial charge on any atom is -0.381 e. The highest BCUT2D eigenvalue weighted by molar-refractivity contribution is 5.83. The van der Waals surface area contributed by atoms with Crippen molar-refractivity contribution in [2.45, 2.75) is 24.9 Å². The van der Waals surface area contributed by atoms with Crippen LogP contribution >= 0.6 is 0 Å². The first kappa shape index (κ1) is 15.5. The molecule has 1 aromatic rings. The predicted octanol–water partition coefficient (Wildman–Crippen LogP) is 1.01. The number of rotatable bonds is 3. The zero-order chi connectivity index (χ0) is 15.4. The molecule has 5 heteroatoms. The topological polar surface area (TPSA) is 58.8 Å². The van der Waals surface area contributed by atoms with Crippen LogP contribution in [-0.4, -0.2) is 61.1 Å². The van der Waals surface area contributed by atoms with Crippen molar-refractivity contribution in [1.82, 2.24) is 9.80 Å². The SMILES string of the molecule is NC(C(=O)N1CCN(C2CCOCC2)CC1)c1ccccc1. The Labute approximate surface area is 132 Å². The molecule has 1 aromatic carbocycles. The van der Waals surface area contributed by atoms with Gasteiger partial charge in [-0.15, -0.1) is 0 Å². The monoisotopic (exact) mass is 303 g/mol. The number of carbonyl (C=O) groups excluding carboxylic acids is 1. The molecule has 120 valence electrons. The third kappa shape index (κ3) is 3.48. The first-order valence-corrected chi connectivity index (χ1v) is 8.17. The largest absolute Gasteiger partial charge is 0.381 e. The van der Waals surface area contributed by atoms with Crippen LogP contribution in [0.25, 0.3) is 0 Å². The van der Waals surface area contributed by atoms with Crippen molar-refractivity contribution in [3.8, 4) is 0 Å². The summed E-state index contributed by atoms with van der Waals surface area (Å²) in [6.07, 6.45) is 2.22. The summed E-state index contributed by atoms with van der Waals surface area (Å²) in [5.74, 6) is 0.0397. The van der Waals surface area contributed by atoms with E-state index in [4.69, 9.17) is 10.5 Å². The minimum atomic E-state index is -0.546. The summed E-state index contributed by atoms with van der Waals surface area (Å²) in [5.41, 5.74) is 7.01. The molecule has 2 fully saturated rings. The Morgan fingerprint density at radius 3 is 2.36 bits per heavy atom. The second kappa shape index (κ2) is 7.22. The second-order valence-corrected chi connectivity index (χ2v) is 6.09. The lowest BCUT2D eigenvalue weighted by atomic mass is 10.0. The van der Waals surface area contributed by atoms with Crippen LogP contribution in [-0.2, 0) is 9.53 Å². The number of amides is 1. The van der Waals surface area contributed by atoms with Gasteiger partial charge < -0.3 is 15.4 Å². The Kier molecular flexibility index (Phi) is 5.08. The van der Waals surface area contributed by atoms with Crippen molar-refractivity contribution >= 4 is 5.91 Å². The van der Waals surface area contributed by atoms with Crippen LogP contribution in [0.4, 0.5) is 0 Å². The molecule has 2 aliphatic rings. The molecule has 1 unspecified atom stereocenters. The van der Waals surface area contributed by atoms with Crippen molar-refractivity contribution in [1.29, 1.82) is 0 Å². The van der Waals surface area contributed by atoms with Crippen LogP contribution in [0, 0.1) is 0 Å². The van der Waals surface area contributed by atoms with Gasteiger partial charge in [0.2, 0.25) is 5.91 Å². The van der Waals surface area contributed by atoms with Crippen LogP contribution in [0.5, 0.6) is 0 Å². The number of benzene rings is 1. The number of piperazine rings is 1. The number of ether oxygens (including phenoxy) is 1. The normalized spacial score (nSPS) is 22.5. The zero-order valence-corrected chi connectivity index (χ0v) is 13.0. The van der Waals surface area contributed by atoms with E-state index < -0.39 is 6.04 Å². The molecule has 0 spiro atoms. The Morgan fingerprint density at radius 1 is 1.09 bits per heavy atom. The molecule has 2 saturated heterocycles. The maximum Gasteiger partial charge on any atom is 0.244 e. The fourth-order valence-electron chi connectivity index (χ4n) is 3.36. The Morgan fingerprint density at radius 2 is 1.73 bits per heavy atom. The summed E-state index contributed by atoms with van der Waals surface area (Å²) in [6.45, 7) is 5.16. The van der Waals surface area contributed by atoms with Crippen molar-refractivity contribution in [3.05, 3.63) is 35.9 Å². The summed E-state index contributed by atoms with van der Waals surface area (Å²) in [7, 11) is 0. The van der Waals surface area contributed by atoms with E-state index in [1.165, 1.54) is 0 Å². The van der Waals surface area contributed by atoms with Gasteiger partial charge >= 0.3 is 0 Å². The number of nitrogens with two attached hydrogens (primary N) is 1. The molecule has 2 aliphatic heterocycles. The maximum absolute atomic E-state index is 12.5. The van der Waals surface area contributed by atoms with E-state index in [2.05, 4.69) is 4.90 Å². The lowest BCUT2D eigenvalue weighted by Crippen LogP contribution is -2.54. The van der Waals surface area contributed by atoms with E-state index >= 15 is 0 Å².